The highest BCUT2D eigenvalue weighted by molar-refractivity contribution is 6.03. The van der Waals surface area contributed by atoms with Crippen molar-refractivity contribution >= 4 is 29.6 Å². The van der Waals surface area contributed by atoms with E-state index in [2.05, 4.69) is 37.7 Å². The van der Waals surface area contributed by atoms with Crippen LogP contribution in [0.15, 0.2) is 103 Å². The van der Waals surface area contributed by atoms with Crippen molar-refractivity contribution in [2.24, 2.45) is 5.16 Å². The number of hydrogen-bond donors (Lipinski definition) is 5. The molecule has 7 rings (SSSR count). The Labute approximate surface area is 389 Å². The van der Waals surface area contributed by atoms with Crippen molar-refractivity contribution < 1.29 is 29.1 Å². The minimum absolute atomic E-state index is 0.0800. The zero-order valence-corrected chi connectivity index (χ0v) is 38.4. The number of rotatable bonds is 25. The Balaban J connectivity index is 0.00000135. The molecule has 2 atom stereocenters. The van der Waals surface area contributed by atoms with Crippen LogP contribution in [0.25, 0.3) is 40.0 Å². The molecule has 1 saturated heterocycles. The van der Waals surface area contributed by atoms with Crippen LogP contribution in [0.3, 0.4) is 0 Å². The van der Waals surface area contributed by atoms with Gasteiger partial charge in [0.1, 0.15) is 5.82 Å². The summed E-state index contributed by atoms with van der Waals surface area (Å²) in [5.41, 5.74) is 6.93. The predicted molar refractivity (Wildman–Crippen MR) is 261 cm³/mol. The molecule has 5 N–H and O–H groups in total. The SMILES string of the molecule is CCCCCCCCCCCCCCCCNC(=O)c1ccc(-c2nc(-c3ccc(C4=NOC(C(=O)O)C4)cc3)c(-c3ccc(/C=C/C(=O)NCC4CCCO4)cc3)[nH]2)cc1.c1c[nH]cn1. The second-order valence-electron chi connectivity index (χ2n) is 17.1. The highest BCUT2D eigenvalue weighted by Crippen LogP contribution is 2.34. The highest BCUT2D eigenvalue weighted by Gasteiger charge is 2.28. The fourth-order valence-corrected chi connectivity index (χ4v) is 8.06. The Morgan fingerprint density at radius 1 is 0.773 bits per heavy atom. The molecule has 5 aromatic rings. The normalized spacial score (nSPS) is 15.5. The summed E-state index contributed by atoms with van der Waals surface area (Å²) in [6, 6.07) is 23.0. The first-order valence-corrected chi connectivity index (χ1v) is 24.0. The highest BCUT2D eigenvalue weighted by atomic mass is 16.7. The third-order valence-electron chi connectivity index (χ3n) is 11.9. The van der Waals surface area contributed by atoms with Gasteiger partial charge in [0.25, 0.3) is 5.91 Å². The zero-order valence-electron chi connectivity index (χ0n) is 38.4. The standard InChI is InChI=1S/C50H63N5O6.C3H4N2/c1-2-3-4-5-6-7-8-9-10-11-12-13-14-15-32-51-49(57)41-29-27-40(28-30-41)48-53-46(38-21-18-36(19-22-38)20-31-45(56)52-35-42-17-16-33-60-42)47(54-48)39-25-23-37(24-26-39)43-34-44(50(58)59)61-55-43;1-2-5-3-4-1/h18-31,42,44H,2-17,32-35H2,1H3,(H,51,57)(H,52,56)(H,53,54)(H,58,59);1-3H,(H,4,5)/b31-20+;. The molecule has 13 heteroatoms. The summed E-state index contributed by atoms with van der Waals surface area (Å²) in [5.74, 6) is -0.639. The maximum atomic E-state index is 13.0. The lowest BCUT2D eigenvalue weighted by atomic mass is 10.00. The van der Waals surface area contributed by atoms with E-state index in [1.165, 1.54) is 83.1 Å². The van der Waals surface area contributed by atoms with Crippen LogP contribution in [0.4, 0.5) is 0 Å². The Kier molecular flexibility index (Phi) is 20.2. The van der Waals surface area contributed by atoms with Gasteiger partial charge in [0.05, 0.1) is 29.5 Å². The lowest BCUT2D eigenvalue weighted by Crippen LogP contribution is -2.30. The van der Waals surface area contributed by atoms with E-state index in [9.17, 15) is 19.5 Å². The molecule has 3 aromatic carbocycles. The maximum Gasteiger partial charge on any atom is 0.348 e. The number of carbonyl (C=O) groups is 3. The molecule has 4 heterocycles. The van der Waals surface area contributed by atoms with E-state index in [1.807, 2.05) is 72.8 Å². The third-order valence-corrected chi connectivity index (χ3v) is 11.9. The van der Waals surface area contributed by atoms with Crippen molar-refractivity contribution in [2.75, 3.05) is 19.7 Å². The predicted octanol–water partition coefficient (Wildman–Crippen LogP) is 10.9. The summed E-state index contributed by atoms with van der Waals surface area (Å²) in [6.45, 7) is 4.19. The second kappa shape index (κ2) is 27.2. The number of hydrogen-bond acceptors (Lipinski definition) is 8. The molecule has 66 heavy (non-hydrogen) atoms. The molecule has 2 aliphatic heterocycles. The molecule has 0 aliphatic carbocycles. The molecule has 1 fully saturated rings. The van der Waals surface area contributed by atoms with Crippen LogP contribution in [0, 0.1) is 0 Å². The average Bonchev–Trinajstić information content (AvgIpc) is 4.21. The number of oxime groups is 1. The van der Waals surface area contributed by atoms with Crippen LogP contribution in [0.2, 0.25) is 0 Å². The van der Waals surface area contributed by atoms with Crippen LogP contribution in [-0.4, -0.2) is 80.4 Å². The summed E-state index contributed by atoms with van der Waals surface area (Å²) in [6.07, 6.45) is 27.9. The number of carboxylic acids is 1. The van der Waals surface area contributed by atoms with Gasteiger partial charge in [-0.2, -0.15) is 0 Å². The van der Waals surface area contributed by atoms with Crippen LogP contribution in [0.5, 0.6) is 0 Å². The number of unbranched alkanes of at least 4 members (excludes halogenated alkanes) is 13. The monoisotopic (exact) mass is 898 g/mol. The fraction of sp³-hybridized carbons (Fsp3) is 0.434. The fourth-order valence-electron chi connectivity index (χ4n) is 8.06. The number of ether oxygens (including phenoxy) is 1. The van der Waals surface area contributed by atoms with E-state index in [0.29, 0.717) is 30.2 Å². The van der Waals surface area contributed by atoms with Gasteiger partial charge in [-0.3, -0.25) is 9.59 Å². The largest absolute Gasteiger partial charge is 0.478 e. The Morgan fingerprint density at radius 3 is 1.98 bits per heavy atom. The summed E-state index contributed by atoms with van der Waals surface area (Å²) in [4.78, 5) is 57.0. The lowest BCUT2D eigenvalue weighted by Gasteiger charge is -2.08. The van der Waals surface area contributed by atoms with Gasteiger partial charge in [0.2, 0.25) is 12.0 Å². The van der Waals surface area contributed by atoms with E-state index in [0.717, 1.165) is 71.5 Å². The summed E-state index contributed by atoms with van der Waals surface area (Å²) in [5, 5.41) is 19.3. The molecule has 13 nitrogen and oxygen atoms in total. The van der Waals surface area contributed by atoms with Crippen molar-refractivity contribution in [3.05, 3.63) is 114 Å². The van der Waals surface area contributed by atoms with Gasteiger partial charge in [-0.05, 0) is 48.6 Å². The number of carbonyl (C=O) groups excluding carboxylic acids is 2. The number of aliphatic carboxylic acids is 1. The number of carboxylic acid groups (broad SMARTS) is 1. The van der Waals surface area contributed by atoms with Crippen LogP contribution in [-0.2, 0) is 19.2 Å². The molecular weight excluding hydrogens is 831 g/mol. The van der Waals surface area contributed by atoms with Crippen molar-refractivity contribution in [1.29, 1.82) is 0 Å². The number of nitrogens with one attached hydrogen (secondary N) is 4. The van der Waals surface area contributed by atoms with Gasteiger partial charge in [-0.1, -0.05) is 156 Å². The molecule has 0 spiro atoms. The number of H-pyrrole nitrogens is 2. The maximum absolute atomic E-state index is 13.0. The topological polar surface area (TPSA) is 184 Å². The van der Waals surface area contributed by atoms with E-state index in [4.69, 9.17) is 14.6 Å². The number of benzene rings is 3. The first kappa shape index (κ1) is 49.1. The molecule has 2 unspecified atom stereocenters. The Bertz CT molecular complexity index is 2240. The van der Waals surface area contributed by atoms with Gasteiger partial charge < -0.3 is 35.3 Å². The van der Waals surface area contributed by atoms with Gasteiger partial charge in [-0.15, -0.1) is 0 Å². The molecular formula is C53H67N7O6. The van der Waals surface area contributed by atoms with Crippen molar-refractivity contribution in [2.45, 2.75) is 128 Å². The number of nitrogens with zero attached hydrogens (tertiary/aromatic N) is 3. The van der Waals surface area contributed by atoms with Gasteiger partial charge in [0, 0.05) is 66.8 Å². The summed E-state index contributed by atoms with van der Waals surface area (Å²) >= 11 is 0. The number of aromatic amines is 2. The zero-order chi connectivity index (χ0) is 46.2. The van der Waals surface area contributed by atoms with Crippen molar-refractivity contribution in [3.63, 3.8) is 0 Å². The molecule has 0 saturated carbocycles. The number of imidazole rings is 2. The van der Waals surface area contributed by atoms with E-state index in [-0.39, 0.29) is 24.3 Å². The molecule has 2 amide bonds. The van der Waals surface area contributed by atoms with Crippen molar-refractivity contribution in [3.8, 4) is 33.9 Å². The van der Waals surface area contributed by atoms with Gasteiger partial charge >= 0.3 is 5.97 Å². The van der Waals surface area contributed by atoms with E-state index < -0.39 is 12.1 Å². The number of aromatic nitrogens is 4. The molecule has 0 radical (unpaired) electrons. The quantitative estimate of drug-likeness (QED) is 0.0283. The van der Waals surface area contributed by atoms with Gasteiger partial charge in [-0.25, -0.2) is 14.8 Å². The lowest BCUT2D eigenvalue weighted by molar-refractivity contribution is -0.148. The van der Waals surface area contributed by atoms with E-state index >= 15 is 0 Å². The minimum atomic E-state index is -1.04. The summed E-state index contributed by atoms with van der Waals surface area (Å²) < 4.78 is 5.60. The molecule has 0 bridgehead atoms. The molecule has 350 valence electrons. The van der Waals surface area contributed by atoms with Crippen LogP contribution in [0.1, 0.15) is 138 Å². The molecule has 2 aromatic heterocycles. The smallest absolute Gasteiger partial charge is 0.348 e. The second-order valence-corrected chi connectivity index (χ2v) is 17.1. The van der Waals surface area contributed by atoms with Crippen LogP contribution < -0.4 is 10.6 Å². The van der Waals surface area contributed by atoms with Gasteiger partial charge in [0.15, 0.2) is 0 Å². The first-order chi connectivity index (χ1) is 32.4. The summed E-state index contributed by atoms with van der Waals surface area (Å²) in [7, 11) is 0. The van der Waals surface area contributed by atoms with Crippen molar-refractivity contribution in [1.82, 2.24) is 30.6 Å². The minimum Gasteiger partial charge on any atom is -0.478 e. The first-order valence-electron chi connectivity index (χ1n) is 24.0. The average molecular weight is 898 g/mol. The Hall–Kier alpha value is -6.34. The number of amides is 2. The van der Waals surface area contributed by atoms with Crippen LogP contribution >= 0.6 is 0 Å². The molecule has 2 aliphatic rings. The third kappa shape index (κ3) is 16.0. The van der Waals surface area contributed by atoms with E-state index in [1.54, 1.807) is 24.8 Å². The Morgan fingerprint density at radius 2 is 1.41 bits per heavy atom.